The second-order valence-corrected chi connectivity index (χ2v) is 9.19. The Labute approximate surface area is 175 Å². The first kappa shape index (κ1) is 20.4. The van der Waals surface area contributed by atoms with Gasteiger partial charge in [-0.15, -0.1) is 0 Å². The van der Waals surface area contributed by atoms with Crippen LogP contribution in [0.2, 0.25) is 0 Å². The van der Waals surface area contributed by atoms with E-state index in [-0.39, 0.29) is 35.1 Å². The van der Waals surface area contributed by atoms with Crippen LogP contribution >= 0.6 is 0 Å². The number of aromatic amines is 1. The molecule has 2 fully saturated rings. The molecular weight excluding hydrogens is 384 g/mol. The molecule has 2 saturated heterocycles. The number of carbonyl (C=O) groups is 2. The number of fused-ring (bicyclic) bond motifs is 3. The lowest BCUT2D eigenvalue weighted by Gasteiger charge is -2.31. The Morgan fingerprint density at radius 2 is 1.90 bits per heavy atom. The van der Waals surface area contributed by atoms with Gasteiger partial charge < -0.3 is 19.5 Å². The molecule has 2 aliphatic rings. The van der Waals surface area contributed by atoms with Crippen molar-refractivity contribution in [2.45, 2.75) is 64.6 Å². The van der Waals surface area contributed by atoms with Crippen LogP contribution in [0.15, 0.2) is 23.1 Å². The van der Waals surface area contributed by atoms with Crippen LogP contribution in [0.25, 0.3) is 11.0 Å². The maximum atomic E-state index is 13.2. The third kappa shape index (κ3) is 3.78. The second kappa shape index (κ2) is 7.41. The van der Waals surface area contributed by atoms with Gasteiger partial charge in [0.05, 0.1) is 11.4 Å². The van der Waals surface area contributed by atoms with Crippen LogP contribution in [-0.4, -0.2) is 62.5 Å². The van der Waals surface area contributed by atoms with Gasteiger partial charge in [-0.05, 0) is 59.1 Å². The van der Waals surface area contributed by atoms with Crippen molar-refractivity contribution >= 4 is 23.0 Å². The van der Waals surface area contributed by atoms with Gasteiger partial charge in [0.25, 0.3) is 5.91 Å². The number of rotatable bonds is 1. The number of hydrogen-bond acceptors (Lipinski definition) is 5. The number of likely N-dealkylation sites (tertiary alicyclic amines) is 1. The fraction of sp³-hybridized carbons (Fsp3) is 0.545. The van der Waals surface area contributed by atoms with Crippen molar-refractivity contribution in [3.8, 4) is 0 Å². The highest BCUT2D eigenvalue weighted by molar-refractivity contribution is 5.96. The SMILES string of the molecule is Cc1ccc2c(=O)c(C(=O)N3CC[C@H]4CC[C@@H](C3)N4C(=O)OC(C)(C)C)c[nH]c2n1. The molecule has 0 radical (unpaired) electrons. The number of pyridine rings is 2. The number of nitrogens with zero attached hydrogens (tertiary/aromatic N) is 3. The molecule has 2 amide bonds. The molecule has 2 atom stereocenters. The number of ether oxygens (including phenoxy) is 1. The topological polar surface area (TPSA) is 95.6 Å². The molecule has 0 aliphatic carbocycles. The van der Waals surface area contributed by atoms with Gasteiger partial charge in [-0.1, -0.05) is 0 Å². The van der Waals surface area contributed by atoms with E-state index in [0.29, 0.717) is 30.5 Å². The highest BCUT2D eigenvalue weighted by Gasteiger charge is 2.43. The number of amides is 2. The van der Waals surface area contributed by atoms with Gasteiger partial charge in [-0.25, -0.2) is 9.78 Å². The lowest BCUT2D eigenvalue weighted by molar-refractivity contribution is 0.0151. The summed E-state index contributed by atoms with van der Waals surface area (Å²) in [6.45, 7) is 8.30. The molecule has 8 nitrogen and oxygen atoms in total. The van der Waals surface area contributed by atoms with Gasteiger partial charge in [0.1, 0.15) is 16.8 Å². The van der Waals surface area contributed by atoms with E-state index in [9.17, 15) is 14.4 Å². The van der Waals surface area contributed by atoms with Crippen molar-refractivity contribution in [3.05, 3.63) is 39.8 Å². The molecule has 1 N–H and O–H groups in total. The quantitative estimate of drug-likeness (QED) is 0.777. The van der Waals surface area contributed by atoms with Crippen LogP contribution < -0.4 is 5.43 Å². The number of hydrogen-bond donors (Lipinski definition) is 1. The molecule has 4 heterocycles. The van der Waals surface area contributed by atoms with E-state index >= 15 is 0 Å². The predicted octanol–water partition coefficient (Wildman–Crippen LogP) is 2.85. The summed E-state index contributed by atoms with van der Waals surface area (Å²) in [6.07, 6.45) is 3.54. The zero-order valence-corrected chi connectivity index (χ0v) is 17.9. The summed E-state index contributed by atoms with van der Waals surface area (Å²) in [4.78, 5) is 49.7. The van der Waals surface area contributed by atoms with Gasteiger partial charge >= 0.3 is 6.09 Å². The second-order valence-electron chi connectivity index (χ2n) is 9.19. The molecule has 0 saturated carbocycles. The molecule has 0 unspecified atom stereocenters. The molecule has 30 heavy (non-hydrogen) atoms. The summed E-state index contributed by atoms with van der Waals surface area (Å²) in [5, 5.41) is 0.401. The molecule has 0 spiro atoms. The largest absolute Gasteiger partial charge is 0.444 e. The van der Waals surface area contributed by atoms with Gasteiger partial charge in [-0.3, -0.25) is 9.59 Å². The van der Waals surface area contributed by atoms with Gasteiger partial charge in [0.15, 0.2) is 0 Å². The van der Waals surface area contributed by atoms with Crippen molar-refractivity contribution < 1.29 is 14.3 Å². The standard InChI is InChI=1S/C22H28N4O4/c1-13-5-8-16-18(27)17(11-23-19(16)24-13)20(28)25-10-9-14-6-7-15(12-25)26(14)21(29)30-22(2,3)4/h5,8,11,14-15H,6-7,9-10,12H2,1-4H3,(H,23,24,27)/t14-,15+/m1/s1. The first-order valence-corrected chi connectivity index (χ1v) is 10.4. The fourth-order valence-corrected chi connectivity index (χ4v) is 4.40. The summed E-state index contributed by atoms with van der Waals surface area (Å²) in [5.41, 5.74) is 0.489. The number of aromatic nitrogens is 2. The molecule has 2 aromatic rings. The van der Waals surface area contributed by atoms with Crippen LogP contribution in [-0.2, 0) is 4.74 Å². The van der Waals surface area contributed by atoms with Gasteiger partial charge in [0.2, 0.25) is 5.43 Å². The molecule has 4 rings (SSSR count). The third-order valence-corrected chi connectivity index (χ3v) is 5.78. The van der Waals surface area contributed by atoms with E-state index in [2.05, 4.69) is 9.97 Å². The highest BCUT2D eigenvalue weighted by atomic mass is 16.6. The Hall–Kier alpha value is -2.90. The van der Waals surface area contributed by atoms with Crippen LogP contribution in [0, 0.1) is 6.92 Å². The first-order valence-electron chi connectivity index (χ1n) is 10.4. The monoisotopic (exact) mass is 412 g/mol. The first-order chi connectivity index (χ1) is 14.1. The molecule has 8 heteroatoms. The molecule has 2 bridgehead atoms. The van der Waals surface area contributed by atoms with E-state index in [4.69, 9.17) is 4.74 Å². The highest BCUT2D eigenvalue weighted by Crippen LogP contribution is 2.32. The molecule has 0 aromatic carbocycles. The van der Waals surface area contributed by atoms with Crippen molar-refractivity contribution in [2.75, 3.05) is 13.1 Å². The summed E-state index contributed by atoms with van der Waals surface area (Å²) in [6, 6.07) is 3.42. The van der Waals surface area contributed by atoms with Gasteiger partial charge in [0, 0.05) is 31.0 Å². The zero-order chi connectivity index (χ0) is 21.6. The smallest absolute Gasteiger partial charge is 0.410 e. The maximum absolute atomic E-state index is 13.2. The summed E-state index contributed by atoms with van der Waals surface area (Å²) in [5.74, 6) is -0.310. The summed E-state index contributed by atoms with van der Waals surface area (Å²) >= 11 is 0. The summed E-state index contributed by atoms with van der Waals surface area (Å²) < 4.78 is 5.59. The minimum absolute atomic E-state index is 0.0599. The van der Waals surface area contributed by atoms with Crippen molar-refractivity contribution in [1.29, 1.82) is 0 Å². The molecule has 2 aliphatic heterocycles. The average Bonchev–Trinajstić information content (AvgIpc) is 2.94. The Morgan fingerprint density at radius 3 is 2.63 bits per heavy atom. The van der Waals surface area contributed by atoms with Crippen molar-refractivity contribution in [2.24, 2.45) is 0 Å². The minimum atomic E-state index is -0.566. The minimum Gasteiger partial charge on any atom is -0.444 e. The van der Waals surface area contributed by atoms with E-state index < -0.39 is 5.60 Å². The molecular formula is C22H28N4O4. The van der Waals surface area contributed by atoms with E-state index in [1.807, 2.05) is 27.7 Å². The van der Waals surface area contributed by atoms with Crippen LogP contribution in [0.4, 0.5) is 4.79 Å². The normalized spacial score (nSPS) is 21.6. The van der Waals surface area contributed by atoms with Crippen LogP contribution in [0.5, 0.6) is 0 Å². The fourth-order valence-electron chi connectivity index (χ4n) is 4.40. The zero-order valence-electron chi connectivity index (χ0n) is 17.9. The third-order valence-electron chi connectivity index (χ3n) is 5.78. The number of nitrogens with one attached hydrogen (secondary N) is 1. The maximum Gasteiger partial charge on any atom is 0.410 e. The van der Waals surface area contributed by atoms with Crippen LogP contribution in [0.1, 0.15) is 56.1 Å². The Kier molecular flexibility index (Phi) is 5.03. The number of aryl methyl sites for hydroxylation is 1. The van der Waals surface area contributed by atoms with Crippen LogP contribution in [0.3, 0.4) is 0 Å². The molecule has 2 aromatic heterocycles. The Morgan fingerprint density at radius 1 is 1.17 bits per heavy atom. The Balaban J connectivity index is 1.58. The lowest BCUT2D eigenvalue weighted by atomic mass is 10.1. The van der Waals surface area contributed by atoms with E-state index in [1.54, 1.807) is 21.9 Å². The Bertz CT molecular complexity index is 1060. The average molecular weight is 412 g/mol. The van der Waals surface area contributed by atoms with E-state index in [0.717, 1.165) is 18.5 Å². The lowest BCUT2D eigenvalue weighted by Crippen LogP contribution is -2.46. The van der Waals surface area contributed by atoms with Crippen molar-refractivity contribution in [3.63, 3.8) is 0 Å². The van der Waals surface area contributed by atoms with E-state index in [1.165, 1.54) is 6.20 Å². The number of H-pyrrole nitrogens is 1. The number of carbonyl (C=O) groups excluding carboxylic acids is 2. The predicted molar refractivity (Wildman–Crippen MR) is 113 cm³/mol. The summed E-state index contributed by atoms with van der Waals surface area (Å²) in [7, 11) is 0. The van der Waals surface area contributed by atoms with Gasteiger partial charge in [-0.2, -0.15) is 0 Å². The van der Waals surface area contributed by atoms with Crippen molar-refractivity contribution in [1.82, 2.24) is 19.8 Å². The molecule has 160 valence electrons.